The van der Waals surface area contributed by atoms with Crippen LogP contribution in [0, 0.1) is 0 Å². The van der Waals surface area contributed by atoms with E-state index in [0.717, 1.165) is 38.0 Å². The normalized spacial score (nSPS) is 15.1. The number of nitrogens with one attached hydrogen (secondary N) is 2. The van der Waals surface area contributed by atoms with Crippen LogP contribution in [0.4, 0.5) is 0 Å². The van der Waals surface area contributed by atoms with E-state index in [1.165, 1.54) is 5.57 Å². The lowest BCUT2D eigenvalue weighted by Gasteiger charge is -2.21. The molecule has 0 unspecified atom stereocenters. The summed E-state index contributed by atoms with van der Waals surface area (Å²) in [6.07, 6.45) is 2.18. The predicted octanol–water partition coefficient (Wildman–Crippen LogP) is 0.822. The van der Waals surface area contributed by atoms with Gasteiger partial charge in [0, 0.05) is 25.2 Å². The standard InChI is InChI=1S/C10H18N2O/c1-3-4-5-12-10(13)8(2)9-6-11-7-9/h11H,3-7H2,1-2H3,(H,12,13). The van der Waals surface area contributed by atoms with E-state index < -0.39 is 0 Å². The molecule has 3 heteroatoms. The highest BCUT2D eigenvalue weighted by atomic mass is 16.1. The van der Waals surface area contributed by atoms with Crippen LogP contribution in [-0.4, -0.2) is 25.5 Å². The molecule has 13 heavy (non-hydrogen) atoms. The van der Waals surface area contributed by atoms with Crippen LogP contribution < -0.4 is 10.6 Å². The van der Waals surface area contributed by atoms with Gasteiger partial charge in [-0.2, -0.15) is 0 Å². The molecule has 3 nitrogen and oxygen atoms in total. The smallest absolute Gasteiger partial charge is 0.246 e. The fraction of sp³-hybridized carbons (Fsp3) is 0.700. The second-order valence-electron chi connectivity index (χ2n) is 3.44. The van der Waals surface area contributed by atoms with E-state index in [-0.39, 0.29) is 5.91 Å². The molecule has 0 radical (unpaired) electrons. The van der Waals surface area contributed by atoms with E-state index >= 15 is 0 Å². The number of carbonyl (C=O) groups is 1. The van der Waals surface area contributed by atoms with E-state index in [4.69, 9.17) is 0 Å². The number of hydrogen-bond acceptors (Lipinski definition) is 2. The Balaban J connectivity index is 2.30. The maximum Gasteiger partial charge on any atom is 0.246 e. The first-order valence-electron chi connectivity index (χ1n) is 4.93. The van der Waals surface area contributed by atoms with Crippen molar-refractivity contribution in [3.05, 3.63) is 11.1 Å². The number of amides is 1. The highest BCUT2D eigenvalue weighted by Gasteiger charge is 2.15. The van der Waals surface area contributed by atoms with E-state index in [9.17, 15) is 4.79 Å². The molecule has 0 aromatic carbocycles. The van der Waals surface area contributed by atoms with Crippen molar-refractivity contribution in [1.29, 1.82) is 0 Å². The van der Waals surface area contributed by atoms with Gasteiger partial charge in [0.25, 0.3) is 0 Å². The van der Waals surface area contributed by atoms with Crippen LogP contribution in [0.5, 0.6) is 0 Å². The number of unbranched alkanes of at least 4 members (excludes halogenated alkanes) is 1. The molecule has 0 saturated carbocycles. The summed E-state index contributed by atoms with van der Waals surface area (Å²) in [6.45, 7) is 6.58. The van der Waals surface area contributed by atoms with E-state index in [0.29, 0.717) is 0 Å². The molecule has 0 aliphatic carbocycles. The molecule has 2 N–H and O–H groups in total. The summed E-state index contributed by atoms with van der Waals surface area (Å²) in [5.41, 5.74) is 2.14. The molecule has 0 aromatic rings. The molecule has 1 fully saturated rings. The van der Waals surface area contributed by atoms with Gasteiger partial charge in [-0.1, -0.05) is 13.3 Å². The van der Waals surface area contributed by atoms with E-state index in [1.807, 2.05) is 6.92 Å². The molecule has 0 aromatic heterocycles. The fourth-order valence-corrected chi connectivity index (χ4v) is 1.19. The summed E-state index contributed by atoms with van der Waals surface area (Å²) in [5, 5.41) is 6.03. The molecule has 1 amide bonds. The zero-order chi connectivity index (χ0) is 9.68. The Labute approximate surface area is 79.6 Å². The Morgan fingerprint density at radius 3 is 2.69 bits per heavy atom. The number of rotatable bonds is 4. The van der Waals surface area contributed by atoms with E-state index in [2.05, 4.69) is 17.6 Å². The molecule has 1 aliphatic rings. The second kappa shape index (κ2) is 5.02. The van der Waals surface area contributed by atoms with Gasteiger partial charge in [0.05, 0.1) is 0 Å². The Morgan fingerprint density at radius 1 is 1.54 bits per heavy atom. The van der Waals surface area contributed by atoms with Crippen LogP contribution in [0.1, 0.15) is 26.7 Å². The first kappa shape index (κ1) is 10.3. The van der Waals surface area contributed by atoms with Crippen molar-refractivity contribution < 1.29 is 4.79 Å². The minimum atomic E-state index is 0.102. The van der Waals surface area contributed by atoms with Gasteiger partial charge in [-0.25, -0.2) is 0 Å². The summed E-state index contributed by atoms with van der Waals surface area (Å²) in [7, 11) is 0. The third-order valence-electron chi connectivity index (χ3n) is 2.36. The molecule has 1 aliphatic heterocycles. The Morgan fingerprint density at radius 2 is 2.23 bits per heavy atom. The lowest BCUT2D eigenvalue weighted by atomic mass is 10.0. The summed E-state index contributed by atoms with van der Waals surface area (Å²) in [4.78, 5) is 11.5. The minimum absolute atomic E-state index is 0.102. The molecule has 1 saturated heterocycles. The minimum Gasteiger partial charge on any atom is -0.352 e. The van der Waals surface area contributed by atoms with E-state index in [1.54, 1.807) is 0 Å². The van der Waals surface area contributed by atoms with Crippen molar-refractivity contribution in [2.75, 3.05) is 19.6 Å². The zero-order valence-electron chi connectivity index (χ0n) is 8.44. The van der Waals surface area contributed by atoms with Crippen LogP contribution in [-0.2, 0) is 4.79 Å². The van der Waals surface area contributed by atoms with Crippen molar-refractivity contribution in [3.63, 3.8) is 0 Å². The highest BCUT2D eigenvalue weighted by molar-refractivity contribution is 5.93. The third-order valence-corrected chi connectivity index (χ3v) is 2.36. The summed E-state index contributed by atoms with van der Waals surface area (Å²) >= 11 is 0. The number of hydrogen-bond donors (Lipinski definition) is 2. The van der Waals surface area contributed by atoms with Crippen molar-refractivity contribution in [2.45, 2.75) is 26.7 Å². The number of carbonyl (C=O) groups excluding carboxylic acids is 1. The fourth-order valence-electron chi connectivity index (χ4n) is 1.19. The van der Waals surface area contributed by atoms with Gasteiger partial charge in [-0.15, -0.1) is 0 Å². The summed E-state index contributed by atoms with van der Waals surface area (Å²) in [6, 6.07) is 0. The Kier molecular flexibility index (Phi) is 3.96. The lowest BCUT2D eigenvalue weighted by molar-refractivity contribution is -0.117. The topological polar surface area (TPSA) is 41.1 Å². The molecule has 1 heterocycles. The van der Waals surface area contributed by atoms with Crippen LogP contribution in [0.15, 0.2) is 11.1 Å². The van der Waals surface area contributed by atoms with Gasteiger partial charge in [0.2, 0.25) is 5.91 Å². The highest BCUT2D eigenvalue weighted by Crippen LogP contribution is 2.08. The molecule has 1 rings (SSSR count). The second-order valence-corrected chi connectivity index (χ2v) is 3.44. The summed E-state index contributed by atoms with van der Waals surface area (Å²) in [5.74, 6) is 0.102. The van der Waals surface area contributed by atoms with Crippen LogP contribution in [0.3, 0.4) is 0 Å². The molecular formula is C10H18N2O. The zero-order valence-corrected chi connectivity index (χ0v) is 8.44. The average Bonchev–Trinajstić information content (AvgIpc) is 2.01. The molecule has 0 spiro atoms. The van der Waals surface area contributed by atoms with Crippen molar-refractivity contribution in [1.82, 2.24) is 10.6 Å². The maximum absolute atomic E-state index is 11.5. The Bertz CT molecular complexity index is 215. The van der Waals surface area contributed by atoms with Crippen molar-refractivity contribution >= 4 is 5.91 Å². The SMILES string of the molecule is CCCCNC(=O)C(C)=C1CNC1. The van der Waals surface area contributed by atoms with Crippen LogP contribution >= 0.6 is 0 Å². The quantitative estimate of drug-likeness (QED) is 0.499. The molecular weight excluding hydrogens is 164 g/mol. The molecule has 0 bridgehead atoms. The molecule has 0 atom stereocenters. The van der Waals surface area contributed by atoms with Crippen LogP contribution in [0.25, 0.3) is 0 Å². The van der Waals surface area contributed by atoms with Crippen molar-refractivity contribution in [3.8, 4) is 0 Å². The van der Waals surface area contributed by atoms with Gasteiger partial charge in [-0.3, -0.25) is 4.79 Å². The maximum atomic E-state index is 11.5. The first-order chi connectivity index (χ1) is 6.25. The lowest BCUT2D eigenvalue weighted by Crippen LogP contribution is -2.37. The average molecular weight is 182 g/mol. The van der Waals surface area contributed by atoms with Crippen molar-refractivity contribution in [2.24, 2.45) is 0 Å². The largest absolute Gasteiger partial charge is 0.352 e. The first-order valence-corrected chi connectivity index (χ1v) is 4.93. The van der Waals surface area contributed by atoms with Gasteiger partial charge in [0.1, 0.15) is 0 Å². The van der Waals surface area contributed by atoms with Gasteiger partial charge in [0.15, 0.2) is 0 Å². The van der Waals surface area contributed by atoms with Crippen LogP contribution in [0.2, 0.25) is 0 Å². The van der Waals surface area contributed by atoms with Gasteiger partial charge < -0.3 is 10.6 Å². The predicted molar refractivity (Wildman–Crippen MR) is 53.5 cm³/mol. The molecule has 74 valence electrons. The monoisotopic (exact) mass is 182 g/mol. The van der Waals surface area contributed by atoms with Gasteiger partial charge >= 0.3 is 0 Å². The Hall–Kier alpha value is -0.830. The summed E-state index contributed by atoms with van der Waals surface area (Å²) < 4.78 is 0. The third kappa shape index (κ3) is 2.84. The van der Waals surface area contributed by atoms with Gasteiger partial charge in [-0.05, 0) is 18.9 Å².